The summed E-state index contributed by atoms with van der Waals surface area (Å²) in [4.78, 5) is 39.0. The molecule has 0 radical (unpaired) electrons. The van der Waals surface area contributed by atoms with E-state index in [4.69, 9.17) is 4.74 Å². The van der Waals surface area contributed by atoms with Gasteiger partial charge in [0.2, 0.25) is 5.91 Å². The molecule has 2 fully saturated rings. The van der Waals surface area contributed by atoms with E-state index in [9.17, 15) is 14.4 Å². The van der Waals surface area contributed by atoms with Gasteiger partial charge in [-0.05, 0) is 36.8 Å². The molecule has 6 heteroatoms. The highest BCUT2D eigenvalue weighted by Crippen LogP contribution is 2.33. The van der Waals surface area contributed by atoms with Crippen LogP contribution in [-0.2, 0) is 19.1 Å². The Morgan fingerprint density at radius 1 is 1.17 bits per heavy atom. The van der Waals surface area contributed by atoms with E-state index in [-0.39, 0.29) is 30.9 Å². The molecule has 0 spiro atoms. The maximum Gasteiger partial charge on any atom is 0.311 e. The fourth-order valence-corrected chi connectivity index (χ4v) is 4.42. The number of rotatable bonds is 7. The first-order chi connectivity index (χ1) is 14.5. The molecule has 6 nitrogen and oxygen atoms in total. The summed E-state index contributed by atoms with van der Waals surface area (Å²) in [5, 5.41) is 2.98. The lowest BCUT2D eigenvalue weighted by Crippen LogP contribution is -2.38. The number of nitrogens with one attached hydrogen (secondary N) is 1. The molecule has 1 N–H and O–H groups in total. The fraction of sp³-hybridized carbons (Fsp3) is 0.625. The maximum atomic E-state index is 12.6. The van der Waals surface area contributed by atoms with Gasteiger partial charge in [0.05, 0.1) is 5.92 Å². The molecule has 0 bridgehead atoms. The molecule has 2 atom stereocenters. The largest absolute Gasteiger partial charge is 0.455 e. The second kappa shape index (κ2) is 10.6. The first-order valence-electron chi connectivity index (χ1n) is 11.3. The van der Waals surface area contributed by atoms with Crippen molar-refractivity contribution in [2.75, 3.05) is 18.1 Å². The molecule has 1 saturated carbocycles. The Morgan fingerprint density at radius 2 is 1.87 bits per heavy atom. The minimum Gasteiger partial charge on any atom is -0.455 e. The van der Waals surface area contributed by atoms with E-state index in [1.54, 1.807) is 4.90 Å². The van der Waals surface area contributed by atoms with Crippen LogP contribution >= 0.6 is 0 Å². The van der Waals surface area contributed by atoms with Crippen molar-refractivity contribution >= 4 is 23.5 Å². The predicted octanol–water partition coefficient (Wildman–Crippen LogP) is 3.94. The van der Waals surface area contributed by atoms with Crippen LogP contribution in [0.1, 0.15) is 76.7 Å². The van der Waals surface area contributed by atoms with E-state index in [0.717, 1.165) is 43.4 Å². The van der Waals surface area contributed by atoms with Crippen molar-refractivity contribution in [2.45, 2.75) is 77.2 Å². The molecule has 1 aromatic rings. The minimum atomic E-state index is -0.534. The van der Waals surface area contributed by atoms with Crippen molar-refractivity contribution in [1.82, 2.24) is 5.32 Å². The van der Waals surface area contributed by atoms with Gasteiger partial charge >= 0.3 is 5.97 Å². The number of para-hydroxylation sites is 1. The van der Waals surface area contributed by atoms with E-state index < -0.39 is 11.9 Å². The number of ether oxygens (including phenoxy) is 1. The Kier molecular flexibility index (Phi) is 7.88. The zero-order valence-corrected chi connectivity index (χ0v) is 18.2. The Balaban J connectivity index is 1.53. The first-order valence-corrected chi connectivity index (χ1v) is 11.3. The van der Waals surface area contributed by atoms with E-state index >= 15 is 0 Å². The quantitative estimate of drug-likeness (QED) is 0.542. The Hall–Kier alpha value is -2.37. The topological polar surface area (TPSA) is 75.7 Å². The van der Waals surface area contributed by atoms with Crippen LogP contribution in [-0.4, -0.2) is 37.0 Å². The van der Waals surface area contributed by atoms with Crippen LogP contribution in [0, 0.1) is 5.92 Å². The molecule has 1 aliphatic carbocycles. The van der Waals surface area contributed by atoms with Crippen molar-refractivity contribution in [2.24, 2.45) is 5.92 Å². The summed E-state index contributed by atoms with van der Waals surface area (Å²) in [5.74, 6) is -1.00. The number of nitrogens with zero attached hydrogens (tertiary/aromatic N) is 1. The molecular weight excluding hydrogens is 380 g/mol. The van der Waals surface area contributed by atoms with E-state index in [1.807, 2.05) is 24.3 Å². The number of amides is 2. The van der Waals surface area contributed by atoms with Crippen LogP contribution in [0.25, 0.3) is 0 Å². The minimum absolute atomic E-state index is 0.0735. The molecule has 1 saturated heterocycles. The molecule has 30 heavy (non-hydrogen) atoms. The summed E-state index contributed by atoms with van der Waals surface area (Å²) in [5.41, 5.74) is 1.99. The molecular formula is C24H34N2O4. The number of benzene rings is 1. The van der Waals surface area contributed by atoms with Crippen LogP contribution in [0.2, 0.25) is 0 Å². The van der Waals surface area contributed by atoms with Crippen molar-refractivity contribution in [3.05, 3.63) is 29.8 Å². The molecule has 0 aromatic heterocycles. The summed E-state index contributed by atoms with van der Waals surface area (Å²) in [7, 11) is 0. The second-order valence-corrected chi connectivity index (χ2v) is 8.64. The van der Waals surface area contributed by atoms with Crippen LogP contribution < -0.4 is 10.2 Å². The standard InChI is InChI=1S/C24H34N2O4/c1-3-17(2)20-12-8-9-13-21(20)26-15-18(14-23(26)28)24(29)30-16-22(27)25-19-10-6-4-5-7-11-19/h8-9,12-13,17-19H,3-7,10-11,14-16H2,1-2H3,(H,25,27)/t17-,18+/m1/s1. The third kappa shape index (κ3) is 5.61. The van der Waals surface area contributed by atoms with Gasteiger partial charge in [0.15, 0.2) is 6.61 Å². The second-order valence-electron chi connectivity index (χ2n) is 8.64. The molecule has 1 heterocycles. The molecule has 1 aliphatic heterocycles. The van der Waals surface area contributed by atoms with Crippen molar-refractivity contribution in [3.63, 3.8) is 0 Å². The van der Waals surface area contributed by atoms with Crippen molar-refractivity contribution in [3.8, 4) is 0 Å². The molecule has 0 unspecified atom stereocenters. The summed E-state index contributed by atoms with van der Waals surface area (Å²) < 4.78 is 5.26. The summed E-state index contributed by atoms with van der Waals surface area (Å²) in [6.45, 7) is 4.28. The highest BCUT2D eigenvalue weighted by molar-refractivity contribution is 6.00. The van der Waals surface area contributed by atoms with Gasteiger partial charge in [0, 0.05) is 24.7 Å². The van der Waals surface area contributed by atoms with Gasteiger partial charge < -0.3 is 15.0 Å². The first kappa shape index (κ1) is 22.3. The number of anilines is 1. The lowest BCUT2D eigenvalue weighted by atomic mass is 9.96. The number of hydrogen-bond acceptors (Lipinski definition) is 4. The summed E-state index contributed by atoms with van der Waals surface area (Å²) in [6.07, 6.45) is 7.76. The lowest BCUT2D eigenvalue weighted by Gasteiger charge is -2.23. The molecule has 2 amide bonds. The zero-order chi connectivity index (χ0) is 21.5. The number of carbonyl (C=O) groups is 3. The summed E-state index contributed by atoms with van der Waals surface area (Å²) in [6, 6.07) is 8.05. The molecule has 3 rings (SSSR count). The van der Waals surface area contributed by atoms with Gasteiger partial charge in [-0.15, -0.1) is 0 Å². The fourth-order valence-electron chi connectivity index (χ4n) is 4.42. The Morgan fingerprint density at radius 3 is 2.57 bits per heavy atom. The van der Waals surface area contributed by atoms with Gasteiger partial charge in [-0.25, -0.2) is 0 Å². The van der Waals surface area contributed by atoms with Gasteiger partial charge in [0.25, 0.3) is 5.91 Å². The number of esters is 1. The summed E-state index contributed by atoms with van der Waals surface area (Å²) >= 11 is 0. The van der Waals surface area contributed by atoms with Gasteiger partial charge in [-0.3, -0.25) is 14.4 Å². The highest BCUT2D eigenvalue weighted by atomic mass is 16.5. The average Bonchev–Trinajstić information content (AvgIpc) is 2.96. The van der Waals surface area contributed by atoms with Gasteiger partial charge in [-0.1, -0.05) is 57.7 Å². The monoisotopic (exact) mass is 414 g/mol. The van der Waals surface area contributed by atoms with Crippen molar-refractivity contribution in [1.29, 1.82) is 0 Å². The van der Waals surface area contributed by atoms with E-state index in [0.29, 0.717) is 12.5 Å². The van der Waals surface area contributed by atoms with E-state index in [1.165, 1.54) is 12.8 Å². The normalized spacial score (nSPS) is 21.2. The zero-order valence-electron chi connectivity index (χ0n) is 18.2. The Labute approximate surface area is 179 Å². The van der Waals surface area contributed by atoms with Gasteiger partial charge in [-0.2, -0.15) is 0 Å². The molecule has 164 valence electrons. The number of hydrogen-bond donors (Lipinski definition) is 1. The van der Waals surface area contributed by atoms with Crippen LogP contribution in [0.15, 0.2) is 24.3 Å². The Bertz CT molecular complexity index is 755. The van der Waals surface area contributed by atoms with Crippen LogP contribution in [0.3, 0.4) is 0 Å². The molecule has 2 aliphatic rings. The SMILES string of the molecule is CC[C@@H](C)c1ccccc1N1C[C@@H](C(=O)OCC(=O)NC2CCCCCC2)CC1=O. The average molecular weight is 415 g/mol. The van der Waals surface area contributed by atoms with E-state index in [2.05, 4.69) is 19.2 Å². The highest BCUT2D eigenvalue weighted by Gasteiger charge is 2.37. The smallest absolute Gasteiger partial charge is 0.311 e. The van der Waals surface area contributed by atoms with Crippen LogP contribution in [0.4, 0.5) is 5.69 Å². The lowest BCUT2D eigenvalue weighted by molar-refractivity contribution is -0.152. The maximum absolute atomic E-state index is 12.6. The predicted molar refractivity (Wildman–Crippen MR) is 116 cm³/mol. The number of carbonyl (C=O) groups excluding carboxylic acids is 3. The van der Waals surface area contributed by atoms with Crippen molar-refractivity contribution < 1.29 is 19.1 Å². The molecule has 1 aromatic carbocycles. The third-order valence-electron chi connectivity index (χ3n) is 6.40. The van der Waals surface area contributed by atoms with Gasteiger partial charge in [0.1, 0.15) is 0 Å². The van der Waals surface area contributed by atoms with Crippen LogP contribution in [0.5, 0.6) is 0 Å². The third-order valence-corrected chi connectivity index (χ3v) is 6.40.